The molecular formula is C82H130NO8+. The van der Waals surface area contributed by atoms with Gasteiger partial charge in [-0.15, -0.1) is 0 Å². The first-order valence-electron chi connectivity index (χ1n) is 35.6. The van der Waals surface area contributed by atoms with Crippen LogP contribution in [0.3, 0.4) is 0 Å². The van der Waals surface area contributed by atoms with E-state index in [-0.39, 0.29) is 38.6 Å². The molecule has 0 aromatic carbocycles. The van der Waals surface area contributed by atoms with Gasteiger partial charge in [0.15, 0.2) is 6.10 Å². The van der Waals surface area contributed by atoms with E-state index < -0.39 is 24.3 Å². The van der Waals surface area contributed by atoms with E-state index >= 15 is 0 Å². The molecule has 0 radical (unpaired) electrons. The Morgan fingerprint density at radius 3 is 0.890 bits per heavy atom. The summed E-state index contributed by atoms with van der Waals surface area (Å²) in [7, 11) is 5.95. The molecule has 2 atom stereocenters. The Morgan fingerprint density at radius 1 is 0.330 bits per heavy atom. The molecule has 0 aromatic heterocycles. The highest BCUT2D eigenvalue weighted by Gasteiger charge is 2.25. The number of quaternary nitrogens is 1. The maximum atomic E-state index is 12.9. The Balaban J connectivity index is 4.24. The number of allylic oxidation sites excluding steroid dienone is 32. The van der Waals surface area contributed by atoms with Crippen LogP contribution in [0.15, 0.2) is 194 Å². The molecule has 0 aliphatic heterocycles. The number of nitrogens with zero attached hydrogens (tertiary/aromatic N) is 1. The first kappa shape index (κ1) is 85.1. The number of aliphatic carboxylic acids is 1. The van der Waals surface area contributed by atoms with Gasteiger partial charge in [-0.1, -0.05) is 285 Å². The number of hydrogen-bond donors (Lipinski definition) is 1. The van der Waals surface area contributed by atoms with Gasteiger partial charge in [0.05, 0.1) is 34.4 Å². The van der Waals surface area contributed by atoms with Crippen LogP contribution < -0.4 is 0 Å². The molecule has 1 N–H and O–H groups in total. The summed E-state index contributed by atoms with van der Waals surface area (Å²) < 4.78 is 22.9. The van der Waals surface area contributed by atoms with Gasteiger partial charge < -0.3 is 28.5 Å². The van der Waals surface area contributed by atoms with E-state index in [1.54, 1.807) is 0 Å². The summed E-state index contributed by atoms with van der Waals surface area (Å²) in [6.07, 6.45) is 105. The van der Waals surface area contributed by atoms with Gasteiger partial charge in [0, 0.05) is 12.8 Å². The molecule has 0 aliphatic carbocycles. The van der Waals surface area contributed by atoms with Crippen LogP contribution in [0, 0.1) is 0 Å². The number of carboxylic acids is 1. The van der Waals surface area contributed by atoms with E-state index in [9.17, 15) is 19.5 Å². The second-order valence-corrected chi connectivity index (χ2v) is 24.1. The van der Waals surface area contributed by atoms with E-state index in [4.69, 9.17) is 18.9 Å². The number of unbranched alkanes of at least 4 members (excludes halogenated alkanes) is 16. The lowest BCUT2D eigenvalue weighted by Crippen LogP contribution is -2.40. The monoisotopic (exact) mass is 1260 g/mol. The summed E-state index contributed by atoms with van der Waals surface area (Å²) in [6, 6.07) is 0. The normalized spacial score (nSPS) is 13.9. The van der Waals surface area contributed by atoms with Crippen LogP contribution in [-0.4, -0.2) is 87.4 Å². The highest BCUT2D eigenvalue weighted by molar-refractivity contribution is 5.71. The molecule has 2 unspecified atom stereocenters. The zero-order chi connectivity index (χ0) is 66.1. The van der Waals surface area contributed by atoms with Crippen LogP contribution in [0.1, 0.15) is 245 Å². The summed E-state index contributed by atoms with van der Waals surface area (Å²) in [4.78, 5) is 37.6. The third-order valence-electron chi connectivity index (χ3n) is 14.3. The molecule has 0 heterocycles. The quantitative estimate of drug-likeness (QED) is 0.0211. The molecule has 0 saturated carbocycles. The van der Waals surface area contributed by atoms with Gasteiger partial charge in [0.2, 0.25) is 0 Å². The minimum absolute atomic E-state index is 0.170. The molecule has 0 spiro atoms. The molecule has 0 saturated heterocycles. The van der Waals surface area contributed by atoms with Crippen molar-refractivity contribution in [3.8, 4) is 0 Å². The smallest absolute Gasteiger partial charge is 0.361 e. The van der Waals surface area contributed by atoms with Gasteiger partial charge in [-0.2, -0.15) is 0 Å². The van der Waals surface area contributed by atoms with Crippen molar-refractivity contribution in [3.63, 3.8) is 0 Å². The number of carboxylic acid groups (broad SMARTS) is 1. The zero-order valence-corrected chi connectivity index (χ0v) is 58.2. The zero-order valence-electron chi connectivity index (χ0n) is 58.2. The Morgan fingerprint density at radius 2 is 0.593 bits per heavy atom. The standard InChI is InChI=1S/C82H129NO8/c1-6-8-10-12-14-16-18-20-22-24-26-28-30-32-34-36-38-39-40-41-43-44-46-48-50-52-54-56-58-60-62-64-66-68-70-72-79(84)89-76-78(77-90-82(81(86)87)88-75-74-83(3,4)5)91-80(85)73-71-69-67-65-63-61-59-57-55-53-51-49-47-45-42-37-35-33-31-29-27-25-23-21-19-17-15-13-11-9-7-2/h8-11,14-17,20-23,26-29,32-35,38-39,41-43,45,49,51,55,57,61,63,78,82H,6-7,12-13,18-19,24-25,30-31,36-37,40,44,46-48,50,52-54,56,58-60,62,64-77H2,1-5H3/p+1/b10-8-,11-9-,16-14-,17-15-,22-20-,23-21-,28-26-,29-27-,34-32-,35-33-,39-38-,43-41-,45-42-,51-49-,57-55-,63-61-. The lowest BCUT2D eigenvalue weighted by molar-refractivity contribution is -0.870. The number of carbonyl (C=O) groups is 3. The Hall–Kier alpha value is -5.87. The molecule has 0 fully saturated rings. The van der Waals surface area contributed by atoms with Crippen molar-refractivity contribution >= 4 is 17.9 Å². The third kappa shape index (κ3) is 71.4. The number of carbonyl (C=O) groups excluding carboxylic acids is 2. The molecule has 0 aromatic rings. The summed E-state index contributed by atoms with van der Waals surface area (Å²) in [5, 5.41) is 9.75. The van der Waals surface area contributed by atoms with Gasteiger partial charge in [-0.3, -0.25) is 9.59 Å². The highest BCUT2D eigenvalue weighted by Crippen LogP contribution is 2.15. The fraction of sp³-hybridized carbons (Fsp3) is 0.573. The number of rotatable bonds is 63. The van der Waals surface area contributed by atoms with Crippen molar-refractivity contribution in [1.82, 2.24) is 0 Å². The molecule has 9 heteroatoms. The van der Waals surface area contributed by atoms with Crippen molar-refractivity contribution in [2.45, 2.75) is 257 Å². The van der Waals surface area contributed by atoms with Gasteiger partial charge in [0.1, 0.15) is 13.2 Å². The molecular weight excluding hydrogens is 1130 g/mol. The number of ether oxygens (including phenoxy) is 4. The Kier molecular flexibility index (Phi) is 65.5. The summed E-state index contributed by atoms with van der Waals surface area (Å²) in [6.45, 7) is 4.59. The van der Waals surface area contributed by atoms with Crippen LogP contribution in [-0.2, 0) is 33.3 Å². The minimum atomic E-state index is -1.53. The Labute approximate surface area is 557 Å². The van der Waals surface area contributed by atoms with Crippen LogP contribution in [0.25, 0.3) is 0 Å². The third-order valence-corrected chi connectivity index (χ3v) is 14.3. The molecule has 510 valence electrons. The van der Waals surface area contributed by atoms with Crippen LogP contribution in [0.4, 0.5) is 0 Å². The topological polar surface area (TPSA) is 108 Å². The highest BCUT2D eigenvalue weighted by atomic mass is 16.7. The van der Waals surface area contributed by atoms with Gasteiger partial charge in [-0.05, 0) is 141 Å². The average Bonchev–Trinajstić information content (AvgIpc) is 3.65. The molecule has 0 bridgehead atoms. The molecule has 9 nitrogen and oxygen atoms in total. The summed E-state index contributed by atoms with van der Waals surface area (Å²) >= 11 is 0. The molecule has 91 heavy (non-hydrogen) atoms. The second-order valence-electron chi connectivity index (χ2n) is 24.1. The fourth-order valence-electron chi connectivity index (χ4n) is 8.99. The maximum Gasteiger partial charge on any atom is 0.361 e. The van der Waals surface area contributed by atoms with Crippen molar-refractivity contribution in [2.75, 3.05) is 47.5 Å². The number of esters is 2. The lowest BCUT2D eigenvalue weighted by Gasteiger charge is -2.25. The SMILES string of the molecule is CC/C=C\C/C=C\C/C=C\C/C=C\C/C=C\C/C=C\C/C=C\C/C=C\C/C=C\CCCCCC(=O)OC(COC(=O)CCCCCCCCCCCCCCC/C=C\C/C=C\C/C=C\C/C=C\C/C=C\C/C=C\C/C=C\CC)COC(OCC[N+](C)(C)C)C(=O)O. The minimum Gasteiger partial charge on any atom is -0.477 e. The maximum absolute atomic E-state index is 12.9. The number of likely N-dealkylation sites (N-methyl/N-ethyl adjacent to an activating group) is 1. The average molecular weight is 1260 g/mol. The van der Waals surface area contributed by atoms with Crippen molar-refractivity contribution in [3.05, 3.63) is 194 Å². The van der Waals surface area contributed by atoms with Crippen LogP contribution in [0.2, 0.25) is 0 Å². The molecule has 0 rings (SSSR count). The first-order valence-corrected chi connectivity index (χ1v) is 35.6. The van der Waals surface area contributed by atoms with Gasteiger partial charge >= 0.3 is 17.9 Å². The summed E-state index contributed by atoms with van der Waals surface area (Å²) in [5.74, 6) is -2.07. The van der Waals surface area contributed by atoms with Crippen molar-refractivity contribution in [1.29, 1.82) is 0 Å². The second kappa shape index (κ2) is 70.0. The molecule has 0 amide bonds. The largest absolute Gasteiger partial charge is 0.477 e. The summed E-state index contributed by atoms with van der Waals surface area (Å²) in [5.41, 5.74) is 0. The van der Waals surface area contributed by atoms with E-state index in [0.717, 1.165) is 141 Å². The van der Waals surface area contributed by atoms with Gasteiger partial charge in [0.25, 0.3) is 6.29 Å². The van der Waals surface area contributed by atoms with E-state index in [1.807, 2.05) is 21.1 Å². The van der Waals surface area contributed by atoms with E-state index in [2.05, 4.69) is 208 Å². The molecule has 0 aliphatic rings. The lowest BCUT2D eigenvalue weighted by atomic mass is 10.0. The van der Waals surface area contributed by atoms with Crippen molar-refractivity contribution < 1.29 is 42.9 Å². The van der Waals surface area contributed by atoms with E-state index in [0.29, 0.717) is 17.4 Å². The van der Waals surface area contributed by atoms with Gasteiger partial charge in [-0.25, -0.2) is 4.79 Å². The number of hydrogen-bond acceptors (Lipinski definition) is 7. The van der Waals surface area contributed by atoms with Crippen LogP contribution in [0.5, 0.6) is 0 Å². The predicted molar refractivity (Wildman–Crippen MR) is 391 cm³/mol. The van der Waals surface area contributed by atoms with Crippen molar-refractivity contribution in [2.24, 2.45) is 0 Å². The van der Waals surface area contributed by atoms with E-state index in [1.165, 1.54) is 70.6 Å². The first-order chi connectivity index (χ1) is 44.6. The fourth-order valence-corrected chi connectivity index (χ4v) is 8.99. The van der Waals surface area contributed by atoms with Crippen LogP contribution >= 0.6 is 0 Å². The predicted octanol–water partition coefficient (Wildman–Crippen LogP) is 22.6. The Bertz CT molecular complexity index is 2200.